The highest BCUT2D eigenvalue weighted by molar-refractivity contribution is 9.10. The van der Waals surface area contributed by atoms with Crippen LogP contribution in [0.5, 0.6) is 11.5 Å². The van der Waals surface area contributed by atoms with E-state index in [4.69, 9.17) is 9.47 Å². The Bertz CT molecular complexity index is 1120. The fraction of sp³-hybridized carbons (Fsp3) is 0.381. The van der Waals surface area contributed by atoms with E-state index in [0.29, 0.717) is 21.7 Å². The van der Waals surface area contributed by atoms with E-state index in [2.05, 4.69) is 26.0 Å². The molecule has 1 amide bonds. The molecule has 0 atom stereocenters. The second kappa shape index (κ2) is 7.25. The van der Waals surface area contributed by atoms with E-state index in [1.165, 1.54) is 12.1 Å². The highest BCUT2D eigenvalue weighted by atomic mass is 79.9. The number of sulfonamides is 1. The van der Waals surface area contributed by atoms with Crippen LogP contribution < -0.4 is 19.5 Å². The molecule has 2 N–H and O–H groups in total. The molecule has 0 unspecified atom stereocenters. The molecule has 0 aromatic heterocycles. The van der Waals surface area contributed by atoms with Crippen LogP contribution in [0, 0.1) is 0 Å². The van der Waals surface area contributed by atoms with Crippen LogP contribution in [0.15, 0.2) is 45.8 Å². The Morgan fingerprint density at radius 3 is 2.50 bits per heavy atom. The minimum Gasteiger partial charge on any atom is -0.448 e. The second-order valence-corrected chi connectivity index (χ2v) is 10.5. The second-order valence-electron chi connectivity index (χ2n) is 7.97. The van der Waals surface area contributed by atoms with Crippen LogP contribution in [0.2, 0.25) is 0 Å². The minimum absolute atomic E-state index is 0.00674. The molecule has 1 aliphatic heterocycles. The Hall–Kier alpha value is -2.10. The summed E-state index contributed by atoms with van der Waals surface area (Å²) in [6, 6.07) is 9.69. The van der Waals surface area contributed by atoms with Crippen LogP contribution in [-0.2, 0) is 10.0 Å². The first kappa shape index (κ1) is 19.8. The number of benzene rings is 2. The molecule has 2 aromatic rings. The fourth-order valence-corrected chi connectivity index (χ4v) is 5.58. The molecule has 30 heavy (non-hydrogen) atoms. The number of nitrogens with one attached hydrogen (secondary N) is 2. The number of hydrogen-bond acceptors (Lipinski definition) is 5. The third-order valence-electron chi connectivity index (χ3n) is 5.55. The zero-order chi connectivity index (χ0) is 20.9. The molecule has 1 heterocycles. The van der Waals surface area contributed by atoms with Crippen LogP contribution >= 0.6 is 15.9 Å². The van der Waals surface area contributed by atoms with Crippen molar-refractivity contribution in [1.82, 2.24) is 4.72 Å². The van der Waals surface area contributed by atoms with E-state index < -0.39 is 21.7 Å². The monoisotopic (exact) mass is 492 g/mol. The van der Waals surface area contributed by atoms with Gasteiger partial charge in [0.1, 0.15) is 0 Å². The first-order chi connectivity index (χ1) is 14.3. The summed E-state index contributed by atoms with van der Waals surface area (Å²) >= 11 is 3.34. The van der Waals surface area contributed by atoms with Gasteiger partial charge in [0.2, 0.25) is 10.0 Å². The molecule has 1 spiro atoms. The standard InChI is InChI=1S/C21H21BrN2O5S/c22-17-7-6-15(30(26,27)24-13-3-4-13)12-16(17)20(25)23-14-5-8-18-19(11-14)29-21(28-18)9-1-2-10-21/h5-8,11-13,24H,1-4,9-10H2,(H,23,25). The van der Waals surface area contributed by atoms with Crippen LogP contribution in [0.4, 0.5) is 5.69 Å². The number of ether oxygens (including phenoxy) is 2. The summed E-state index contributed by atoms with van der Waals surface area (Å²) < 4.78 is 40.2. The predicted octanol–water partition coefficient (Wildman–Crippen LogP) is 4.18. The van der Waals surface area contributed by atoms with Crippen LogP contribution in [-0.4, -0.2) is 26.2 Å². The van der Waals surface area contributed by atoms with Crippen molar-refractivity contribution in [2.45, 2.75) is 55.2 Å². The van der Waals surface area contributed by atoms with Gasteiger partial charge >= 0.3 is 0 Å². The van der Waals surface area contributed by atoms with Crippen LogP contribution in [0.1, 0.15) is 48.9 Å². The zero-order valence-corrected chi connectivity index (χ0v) is 18.5. The van der Waals surface area contributed by atoms with Gasteiger partial charge in [-0.15, -0.1) is 0 Å². The fourth-order valence-electron chi connectivity index (χ4n) is 3.82. The van der Waals surface area contributed by atoms with E-state index in [-0.39, 0.29) is 16.5 Å². The first-order valence-electron chi connectivity index (χ1n) is 9.99. The molecule has 158 valence electrons. The van der Waals surface area contributed by atoms with Crippen molar-refractivity contribution >= 4 is 37.5 Å². The Morgan fingerprint density at radius 1 is 1.03 bits per heavy atom. The number of halogens is 1. The largest absolute Gasteiger partial charge is 0.448 e. The molecular weight excluding hydrogens is 472 g/mol. The topological polar surface area (TPSA) is 93.7 Å². The number of hydrogen-bond donors (Lipinski definition) is 2. The summed E-state index contributed by atoms with van der Waals surface area (Å²) in [6.45, 7) is 0. The third kappa shape index (κ3) is 3.81. The van der Waals surface area contributed by atoms with Crippen LogP contribution in [0.3, 0.4) is 0 Å². The van der Waals surface area contributed by atoms with Gasteiger partial charge < -0.3 is 14.8 Å². The summed E-state index contributed by atoms with van der Waals surface area (Å²) in [5.41, 5.74) is 0.785. The first-order valence-corrected chi connectivity index (χ1v) is 12.3. The lowest BCUT2D eigenvalue weighted by atomic mass is 10.2. The maximum Gasteiger partial charge on any atom is 0.256 e. The lowest BCUT2D eigenvalue weighted by Crippen LogP contribution is -2.34. The molecular formula is C21H21BrN2O5S. The van der Waals surface area contributed by atoms with E-state index in [1.807, 2.05) is 0 Å². The normalized spacial score (nSPS) is 19.2. The van der Waals surface area contributed by atoms with Crippen LogP contribution in [0.25, 0.3) is 0 Å². The Balaban J connectivity index is 1.35. The van der Waals surface area contributed by atoms with Gasteiger partial charge in [-0.1, -0.05) is 0 Å². The molecule has 5 rings (SSSR count). The van der Waals surface area contributed by atoms with Crippen molar-refractivity contribution in [3.8, 4) is 11.5 Å². The lowest BCUT2D eigenvalue weighted by molar-refractivity contribution is -0.0716. The van der Waals surface area contributed by atoms with Gasteiger partial charge in [0.05, 0.1) is 10.5 Å². The van der Waals surface area contributed by atoms with Crippen molar-refractivity contribution in [2.75, 3.05) is 5.32 Å². The maximum atomic E-state index is 12.9. The number of carbonyl (C=O) groups excluding carboxylic acids is 1. The molecule has 2 fully saturated rings. The Morgan fingerprint density at radius 2 is 1.77 bits per heavy atom. The van der Waals surface area contributed by atoms with Gasteiger partial charge in [0, 0.05) is 35.1 Å². The zero-order valence-electron chi connectivity index (χ0n) is 16.1. The van der Waals surface area contributed by atoms with Gasteiger partial charge in [-0.3, -0.25) is 4.79 Å². The molecule has 0 saturated heterocycles. The molecule has 9 heteroatoms. The molecule has 0 bridgehead atoms. The van der Waals surface area contributed by atoms with Gasteiger partial charge in [-0.25, -0.2) is 13.1 Å². The lowest BCUT2D eigenvalue weighted by Gasteiger charge is -2.21. The highest BCUT2D eigenvalue weighted by Gasteiger charge is 2.44. The molecule has 0 radical (unpaired) electrons. The number of rotatable bonds is 5. The van der Waals surface area contributed by atoms with Crippen molar-refractivity contribution in [1.29, 1.82) is 0 Å². The van der Waals surface area contributed by atoms with Crippen molar-refractivity contribution < 1.29 is 22.7 Å². The van der Waals surface area contributed by atoms with E-state index in [9.17, 15) is 13.2 Å². The van der Waals surface area contributed by atoms with Gasteiger partial charge in [0.25, 0.3) is 11.7 Å². The van der Waals surface area contributed by atoms with E-state index in [1.54, 1.807) is 24.3 Å². The predicted molar refractivity (Wildman–Crippen MR) is 114 cm³/mol. The van der Waals surface area contributed by atoms with E-state index in [0.717, 1.165) is 38.5 Å². The SMILES string of the molecule is O=C(Nc1ccc2c(c1)OC1(CCCC1)O2)c1cc(S(=O)(=O)NC2CC2)ccc1Br. The summed E-state index contributed by atoms with van der Waals surface area (Å²) in [5, 5.41) is 2.82. The highest BCUT2D eigenvalue weighted by Crippen LogP contribution is 2.47. The van der Waals surface area contributed by atoms with Crippen molar-refractivity contribution in [3.63, 3.8) is 0 Å². The van der Waals surface area contributed by atoms with Gasteiger partial charge in [-0.05, 0) is 71.9 Å². The number of amides is 1. The maximum absolute atomic E-state index is 12.9. The number of fused-ring (bicyclic) bond motifs is 1. The van der Waals surface area contributed by atoms with Gasteiger partial charge in [0.15, 0.2) is 11.5 Å². The summed E-state index contributed by atoms with van der Waals surface area (Å²) in [5.74, 6) is 0.305. The summed E-state index contributed by atoms with van der Waals surface area (Å²) in [6.07, 6.45) is 5.53. The third-order valence-corrected chi connectivity index (χ3v) is 7.76. The average Bonchev–Trinajstić information content (AvgIpc) is 3.26. The van der Waals surface area contributed by atoms with Crippen molar-refractivity contribution in [3.05, 3.63) is 46.4 Å². The number of carbonyl (C=O) groups is 1. The van der Waals surface area contributed by atoms with E-state index >= 15 is 0 Å². The molecule has 2 aliphatic carbocycles. The quantitative estimate of drug-likeness (QED) is 0.652. The molecule has 3 aliphatic rings. The molecule has 2 saturated carbocycles. The molecule has 7 nitrogen and oxygen atoms in total. The molecule has 2 aromatic carbocycles. The minimum atomic E-state index is -3.65. The summed E-state index contributed by atoms with van der Waals surface area (Å²) in [7, 11) is -3.65. The average molecular weight is 493 g/mol. The Labute approximate surface area is 183 Å². The van der Waals surface area contributed by atoms with Gasteiger partial charge in [-0.2, -0.15) is 0 Å². The Kier molecular flexibility index (Phi) is 4.79. The summed E-state index contributed by atoms with van der Waals surface area (Å²) in [4.78, 5) is 12.9. The smallest absolute Gasteiger partial charge is 0.256 e. The number of anilines is 1. The van der Waals surface area contributed by atoms with Crippen molar-refractivity contribution in [2.24, 2.45) is 0 Å².